The van der Waals surface area contributed by atoms with Crippen molar-refractivity contribution in [3.63, 3.8) is 0 Å². The molecule has 0 unspecified atom stereocenters. The molecule has 0 aliphatic carbocycles. The smallest absolute Gasteiger partial charge is 0.271 e. The quantitative estimate of drug-likeness (QED) is 0.297. The fourth-order valence-electron chi connectivity index (χ4n) is 3.70. The number of nitrogens with one attached hydrogen (secondary N) is 1. The van der Waals surface area contributed by atoms with E-state index in [9.17, 15) is 14.9 Å². The highest BCUT2D eigenvalue weighted by molar-refractivity contribution is 7.99. The fraction of sp³-hybridized carbons (Fsp3) is 0.409. The molecule has 0 atom stereocenters. The number of amides is 1. The van der Waals surface area contributed by atoms with Crippen molar-refractivity contribution < 1.29 is 14.1 Å². The van der Waals surface area contributed by atoms with Crippen LogP contribution in [0.5, 0.6) is 0 Å². The van der Waals surface area contributed by atoms with E-state index in [0.717, 1.165) is 43.2 Å². The molecule has 3 heterocycles. The van der Waals surface area contributed by atoms with Crippen molar-refractivity contribution in [2.75, 3.05) is 29.1 Å². The molecule has 11 heteroatoms. The van der Waals surface area contributed by atoms with E-state index in [-0.39, 0.29) is 17.3 Å². The van der Waals surface area contributed by atoms with Gasteiger partial charge in [0.1, 0.15) is 5.76 Å². The summed E-state index contributed by atoms with van der Waals surface area (Å²) in [5, 5.41) is 23.2. The molecule has 1 aliphatic heterocycles. The van der Waals surface area contributed by atoms with Crippen LogP contribution in [0, 0.1) is 23.0 Å². The minimum Gasteiger partial charge on any atom is -0.467 e. The van der Waals surface area contributed by atoms with Crippen molar-refractivity contribution in [3.8, 4) is 0 Å². The number of rotatable bonds is 8. The lowest BCUT2D eigenvalue weighted by molar-refractivity contribution is -0.384. The molecular formula is C22H26N6O4S. The van der Waals surface area contributed by atoms with E-state index >= 15 is 0 Å². The first-order chi connectivity index (χ1) is 15.9. The number of piperidine rings is 1. The SMILES string of the molecule is Cc1ccc([N+](=O)[O-])cc1NC(=O)CSc1nnc(N2CCC(C)CC2)n1Cc1ccco1. The van der Waals surface area contributed by atoms with Crippen molar-refractivity contribution >= 4 is 35.0 Å². The van der Waals surface area contributed by atoms with Gasteiger partial charge in [-0.3, -0.25) is 19.5 Å². The molecule has 1 amide bonds. The number of nitro groups is 1. The number of nitrogens with zero attached hydrogens (tertiary/aromatic N) is 5. The minimum absolute atomic E-state index is 0.0674. The van der Waals surface area contributed by atoms with Crippen molar-refractivity contribution in [3.05, 3.63) is 58.0 Å². The van der Waals surface area contributed by atoms with E-state index < -0.39 is 4.92 Å². The molecule has 1 aliphatic rings. The Morgan fingerprint density at radius 3 is 2.79 bits per heavy atom. The van der Waals surface area contributed by atoms with Gasteiger partial charge in [0, 0.05) is 25.2 Å². The number of hydrogen-bond donors (Lipinski definition) is 1. The van der Waals surface area contributed by atoms with Gasteiger partial charge in [-0.1, -0.05) is 24.8 Å². The molecule has 10 nitrogen and oxygen atoms in total. The number of benzene rings is 1. The molecule has 1 saturated heterocycles. The van der Waals surface area contributed by atoms with Gasteiger partial charge in [0.2, 0.25) is 11.9 Å². The Balaban J connectivity index is 1.47. The van der Waals surface area contributed by atoms with Gasteiger partial charge in [-0.2, -0.15) is 0 Å². The molecule has 0 radical (unpaired) electrons. The van der Waals surface area contributed by atoms with Crippen molar-refractivity contribution in [2.45, 2.75) is 38.4 Å². The summed E-state index contributed by atoms with van der Waals surface area (Å²) < 4.78 is 7.51. The maximum Gasteiger partial charge on any atom is 0.271 e. The van der Waals surface area contributed by atoms with Gasteiger partial charge in [-0.05, 0) is 43.4 Å². The first-order valence-corrected chi connectivity index (χ1v) is 11.8. The van der Waals surface area contributed by atoms with E-state index in [1.807, 2.05) is 16.7 Å². The lowest BCUT2D eigenvalue weighted by atomic mass is 10.00. The first kappa shape index (κ1) is 22.8. The van der Waals surface area contributed by atoms with E-state index in [1.165, 1.54) is 23.9 Å². The zero-order chi connectivity index (χ0) is 23.4. The molecule has 1 fully saturated rings. The van der Waals surface area contributed by atoms with Crippen molar-refractivity contribution in [1.29, 1.82) is 0 Å². The van der Waals surface area contributed by atoms with E-state index in [2.05, 4.69) is 27.3 Å². The zero-order valence-electron chi connectivity index (χ0n) is 18.6. The van der Waals surface area contributed by atoms with Crippen LogP contribution in [-0.2, 0) is 11.3 Å². The average molecular weight is 471 g/mol. The molecule has 0 saturated carbocycles. The van der Waals surface area contributed by atoms with Crippen LogP contribution in [0.15, 0.2) is 46.2 Å². The van der Waals surface area contributed by atoms with E-state index in [4.69, 9.17) is 4.42 Å². The number of aromatic nitrogens is 3. The van der Waals surface area contributed by atoms with Crippen molar-refractivity contribution in [2.24, 2.45) is 5.92 Å². The van der Waals surface area contributed by atoms with Crippen LogP contribution in [0.4, 0.5) is 17.3 Å². The van der Waals surface area contributed by atoms with Crippen LogP contribution in [-0.4, -0.2) is 44.4 Å². The number of thioether (sulfide) groups is 1. The Kier molecular flexibility index (Phi) is 6.97. The highest BCUT2D eigenvalue weighted by Gasteiger charge is 2.24. The minimum atomic E-state index is -0.482. The number of carbonyl (C=O) groups is 1. The molecule has 4 rings (SSSR count). The Hall–Kier alpha value is -3.34. The second-order valence-corrected chi connectivity index (χ2v) is 9.15. The van der Waals surface area contributed by atoms with Crippen LogP contribution in [0.2, 0.25) is 0 Å². The number of hydrogen-bond acceptors (Lipinski definition) is 8. The number of carbonyl (C=O) groups excluding carboxylic acids is 1. The predicted molar refractivity (Wildman–Crippen MR) is 126 cm³/mol. The second-order valence-electron chi connectivity index (χ2n) is 8.21. The number of anilines is 2. The Bertz CT molecular complexity index is 1120. The zero-order valence-corrected chi connectivity index (χ0v) is 19.4. The van der Waals surface area contributed by atoms with Gasteiger partial charge in [0.05, 0.1) is 29.2 Å². The normalized spacial score (nSPS) is 14.4. The topological polar surface area (TPSA) is 119 Å². The Morgan fingerprint density at radius 1 is 1.30 bits per heavy atom. The van der Waals surface area contributed by atoms with Crippen LogP contribution in [0.25, 0.3) is 0 Å². The summed E-state index contributed by atoms with van der Waals surface area (Å²) in [7, 11) is 0. The van der Waals surface area contributed by atoms with Crippen LogP contribution < -0.4 is 10.2 Å². The third kappa shape index (κ3) is 5.54. The van der Waals surface area contributed by atoms with Crippen LogP contribution >= 0.6 is 11.8 Å². The monoisotopic (exact) mass is 470 g/mol. The molecule has 0 spiro atoms. The Morgan fingerprint density at radius 2 is 2.09 bits per heavy atom. The number of furan rings is 1. The maximum atomic E-state index is 12.6. The summed E-state index contributed by atoms with van der Waals surface area (Å²) in [5.74, 6) is 2.06. The summed E-state index contributed by atoms with van der Waals surface area (Å²) in [6.07, 6.45) is 3.83. The Labute approximate surface area is 195 Å². The third-order valence-electron chi connectivity index (χ3n) is 5.70. The molecule has 2 aromatic heterocycles. The molecule has 1 aromatic carbocycles. The third-order valence-corrected chi connectivity index (χ3v) is 6.66. The average Bonchev–Trinajstić information content (AvgIpc) is 3.45. The van der Waals surface area contributed by atoms with Gasteiger partial charge in [-0.25, -0.2) is 0 Å². The number of nitro benzene ring substituents is 1. The van der Waals surface area contributed by atoms with Crippen LogP contribution in [0.3, 0.4) is 0 Å². The molecule has 174 valence electrons. The fourth-order valence-corrected chi connectivity index (χ4v) is 4.43. The summed E-state index contributed by atoms with van der Waals surface area (Å²) in [5.41, 5.74) is 1.11. The predicted octanol–water partition coefficient (Wildman–Crippen LogP) is 4.10. The summed E-state index contributed by atoms with van der Waals surface area (Å²) in [6, 6.07) is 8.14. The van der Waals surface area contributed by atoms with Crippen LogP contribution in [0.1, 0.15) is 31.1 Å². The summed E-state index contributed by atoms with van der Waals surface area (Å²) in [4.78, 5) is 25.4. The van der Waals surface area contributed by atoms with E-state index in [0.29, 0.717) is 23.3 Å². The van der Waals surface area contributed by atoms with Gasteiger partial charge in [-0.15, -0.1) is 10.2 Å². The highest BCUT2D eigenvalue weighted by atomic mass is 32.2. The van der Waals surface area contributed by atoms with Gasteiger partial charge in [0.15, 0.2) is 5.16 Å². The first-order valence-electron chi connectivity index (χ1n) is 10.8. The molecule has 3 aromatic rings. The van der Waals surface area contributed by atoms with E-state index in [1.54, 1.807) is 19.3 Å². The maximum absolute atomic E-state index is 12.6. The lowest BCUT2D eigenvalue weighted by Gasteiger charge is -2.31. The second kappa shape index (κ2) is 10.1. The highest BCUT2D eigenvalue weighted by Crippen LogP contribution is 2.28. The molecule has 1 N–H and O–H groups in total. The lowest BCUT2D eigenvalue weighted by Crippen LogP contribution is -2.35. The molecule has 33 heavy (non-hydrogen) atoms. The van der Waals surface area contributed by atoms with Gasteiger partial charge >= 0.3 is 0 Å². The molecular weight excluding hydrogens is 444 g/mol. The van der Waals surface area contributed by atoms with Crippen molar-refractivity contribution in [1.82, 2.24) is 14.8 Å². The number of aryl methyl sites for hydroxylation is 1. The van der Waals surface area contributed by atoms with Gasteiger partial charge < -0.3 is 14.6 Å². The number of non-ortho nitro benzene ring substituents is 1. The summed E-state index contributed by atoms with van der Waals surface area (Å²) >= 11 is 1.27. The van der Waals surface area contributed by atoms with Gasteiger partial charge in [0.25, 0.3) is 5.69 Å². The summed E-state index contributed by atoms with van der Waals surface area (Å²) in [6.45, 7) is 6.34. The largest absolute Gasteiger partial charge is 0.467 e. The standard InChI is InChI=1S/C22H26N6O4S/c1-15-7-9-26(10-8-15)21-24-25-22(27(21)13-18-4-3-11-32-18)33-14-20(29)23-19-12-17(28(30)31)6-5-16(19)2/h3-6,11-12,15H,7-10,13-14H2,1-2H3,(H,23,29). The molecule has 0 bridgehead atoms.